The number of imide groups is 3. The zero-order valence-electron chi connectivity index (χ0n) is 59.9. The second-order valence-corrected chi connectivity index (χ2v) is 31.6. The van der Waals surface area contributed by atoms with Crippen LogP contribution in [-0.2, 0) is 28.7 Å². The molecule has 3 saturated carbocycles. The van der Waals surface area contributed by atoms with Crippen LogP contribution in [0.3, 0.4) is 0 Å². The third-order valence-corrected chi connectivity index (χ3v) is 23.8. The van der Waals surface area contributed by atoms with E-state index in [9.17, 15) is 58.6 Å². The molecule has 0 radical (unpaired) electrons. The van der Waals surface area contributed by atoms with E-state index in [0.29, 0.717) is 36.9 Å². The highest BCUT2D eigenvalue weighted by Crippen LogP contribution is 2.49. The number of rotatable bonds is 25. The number of nitrogens with zero attached hydrogens (tertiary/aromatic N) is 5. The first-order valence-corrected chi connectivity index (χ1v) is 40.2. The van der Waals surface area contributed by atoms with Crippen molar-refractivity contribution in [3.63, 3.8) is 0 Å². The Kier molecular flexibility index (Phi) is 25.7. The Morgan fingerprint density at radius 2 is 0.918 bits per heavy atom. The number of benzene rings is 6. The third-order valence-electron chi connectivity index (χ3n) is 21.0. The third kappa shape index (κ3) is 18.7. The van der Waals surface area contributed by atoms with E-state index in [0.717, 1.165) is 192 Å². The smallest absolute Gasteiger partial charge is 0.270 e. The molecule has 580 valence electrons. The molecule has 30 heteroatoms. The normalized spacial score (nSPS) is 21.9. The van der Waals surface area contributed by atoms with Crippen molar-refractivity contribution in [2.45, 2.75) is 198 Å². The van der Waals surface area contributed by atoms with Crippen molar-refractivity contribution in [3.8, 4) is 23.0 Å². The zero-order valence-corrected chi connectivity index (χ0v) is 63.1. The first-order valence-electron chi connectivity index (χ1n) is 37.4. The van der Waals surface area contributed by atoms with Crippen molar-refractivity contribution >= 4 is 121 Å². The number of non-ortho nitro benzene ring substituents is 2. The molecular weight excluding hydrogens is 1520 g/mol. The van der Waals surface area contributed by atoms with Gasteiger partial charge in [0.1, 0.15) is 47.0 Å². The standard InChI is InChI=1S/C40H42N4O9S.C21H23N3O4S.C18H19BrN2O5.CH4/c45-25-5-11-35(36(46)19-25)43-39(47)31-8-6-27(22-32(31)40(43)48)51-17-3-1-2-14-42-15-12-26(13-16-42)52-29-20-30(21-29)53-28-7-10-34-38(23-28)54-37-18-24(44(49)50)4-9-33(37)41-34;25-24(26)13-1-3-18-20(9-13)29-21-12-15(2-4-19(21)23-18)28-17-10-16(11-17)27-14-5-7-22-8-6-14;19-8-2-1-3-9-26-11-4-5-12-13(10-11)18(25)21(17(12)24)14-6-7-15(22)20-16(14)23;/h4,6-10,18,22-23,26,29-30,35,41H,1-3,5,11-17,19-21H2;1-4,9,12,14,16-17,22-23H,5-8,10-11H2;4-5,10,14H,1-3,6-9H2,(H,20,22,23);1H4. The van der Waals surface area contributed by atoms with Gasteiger partial charge in [-0.2, -0.15) is 0 Å². The number of hydrogen-bond donors (Lipinski definition) is 4. The summed E-state index contributed by atoms with van der Waals surface area (Å²) in [5.74, 6) is -0.891. The molecule has 6 aromatic rings. The number of carbonyl (C=O) groups excluding carboxylic acids is 8. The number of Topliss-reactive ketones (excluding diaryl/α,β-unsaturated/α-hetero) is 2. The molecular formula is C80H88BrN9O18S2. The zero-order chi connectivity index (χ0) is 75.8. The van der Waals surface area contributed by atoms with Crippen molar-refractivity contribution in [1.82, 2.24) is 25.3 Å². The molecule has 0 spiro atoms. The van der Waals surface area contributed by atoms with Crippen LogP contribution < -0.4 is 40.2 Å². The van der Waals surface area contributed by atoms with E-state index >= 15 is 0 Å². The molecule has 10 aliphatic rings. The van der Waals surface area contributed by atoms with Crippen LogP contribution in [0.15, 0.2) is 129 Å². The Labute approximate surface area is 653 Å². The molecule has 2 unspecified atom stereocenters. The van der Waals surface area contributed by atoms with E-state index in [1.165, 1.54) is 35.7 Å². The van der Waals surface area contributed by atoms with Gasteiger partial charge in [-0.1, -0.05) is 46.9 Å². The van der Waals surface area contributed by atoms with Gasteiger partial charge in [0.25, 0.3) is 35.0 Å². The van der Waals surface area contributed by atoms with Gasteiger partial charge in [-0.3, -0.25) is 73.7 Å². The van der Waals surface area contributed by atoms with Gasteiger partial charge in [0.05, 0.1) is 105 Å². The summed E-state index contributed by atoms with van der Waals surface area (Å²) in [7, 11) is 0. The number of carbonyl (C=O) groups is 8. The van der Waals surface area contributed by atoms with Crippen molar-refractivity contribution < 1.29 is 76.6 Å². The minimum Gasteiger partial charge on any atom is -0.494 e. The summed E-state index contributed by atoms with van der Waals surface area (Å²) in [6.07, 6.45) is 15.6. The lowest BCUT2D eigenvalue weighted by molar-refractivity contribution is -0.385. The molecule has 27 nitrogen and oxygen atoms in total. The number of nitro groups is 2. The van der Waals surface area contributed by atoms with E-state index in [-0.39, 0.29) is 119 Å². The summed E-state index contributed by atoms with van der Waals surface area (Å²) in [5, 5.41) is 35.4. The maximum Gasteiger partial charge on any atom is 0.270 e. The number of ketones is 2. The highest BCUT2D eigenvalue weighted by Gasteiger charge is 2.47. The molecule has 7 aliphatic heterocycles. The molecule has 0 bridgehead atoms. The van der Waals surface area contributed by atoms with Gasteiger partial charge >= 0.3 is 0 Å². The second-order valence-electron chi connectivity index (χ2n) is 28.7. The number of likely N-dealkylation sites (tertiary alicyclic amines) is 1. The number of alkyl halides is 1. The number of amides is 6. The second kappa shape index (κ2) is 35.8. The molecule has 7 heterocycles. The number of hydrogen-bond acceptors (Lipinski definition) is 24. The lowest BCUT2D eigenvalue weighted by atomic mass is 9.91. The minimum absolute atomic E-state index is 0. The summed E-state index contributed by atoms with van der Waals surface area (Å²) >= 11 is 6.41. The molecule has 0 aromatic heterocycles. The predicted molar refractivity (Wildman–Crippen MR) is 413 cm³/mol. The van der Waals surface area contributed by atoms with Gasteiger partial charge in [-0.05, 0) is 182 Å². The molecule has 6 aromatic carbocycles. The molecule has 6 fully saturated rings. The number of ether oxygens (including phenoxy) is 6. The van der Waals surface area contributed by atoms with Gasteiger partial charge in [-0.15, -0.1) is 0 Å². The van der Waals surface area contributed by atoms with E-state index in [4.69, 9.17) is 28.4 Å². The Morgan fingerprint density at radius 3 is 1.41 bits per heavy atom. The number of nitro benzene ring substituents is 2. The quantitative estimate of drug-likeness (QED) is 0.0103. The van der Waals surface area contributed by atoms with Gasteiger partial charge < -0.3 is 49.3 Å². The van der Waals surface area contributed by atoms with Crippen molar-refractivity contribution in [2.24, 2.45) is 0 Å². The number of fused-ring (bicyclic) bond motifs is 6. The van der Waals surface area contributed by atoms with Crippen LogP contribution in [0.2, 0.25) is 0 Å². The van der Waals surface area contributed by atoms with Crippen molar-refractivity contribution in [1.29, 1.82) is 0 Å². The molecule has 4 N–H and O–H groups in total. The van der Waals surface area contributed by atoms with Crippen LogP contribution in [0.1, 0.15) is 171 Å². The summed E-state index contributed by atoms with van der Waals surface area (Å²) in [4.78, 5) is 128. The summed E-state index contributed by atoms with van der Waals surface area (Å²) in [6.45, 7) is 6.19. The average molecular weight is 1610 g/mol. The fourth-order valence-electron chi connectivity index (χ4n) is 14.9. The lowest BCUT2D eigenvalue weighted by Crippen LogP contribution is -2.54. The Morgan fingerprint density at radius 1 is 0.464 bits per heavy atom. The van der Waals surface area contributed by atoms with Gasteiger partial charge in [0.15, 0.2) is 5.78 Å². The maximum atomic E-state index is 13.1. The molecule has 6 amide bonds. The fraction of sp³-hybridized carbons (Fsp3) is 0.450. The molecule has 16 rings (SSSR count). The minimum atomic E-state index is -0.950. The van der Waals surface area contributed by atoms with E-state index in [1.807, 2.05) is 36.4 Å². The Balaban J connectivity index is 0.000000159. The van der Waals surface area contributed by atoms with Crippen LogP contribution in [0.5, 0.6) is 23.0 Å². The highest BCUT2D eigenvalue weighted by molar-refractivity contribution is 9.09. The SMILES string of the molecule is C.O=C1CCC(N2C(=O)c3ccc(OCCCCCBr)cc3C2=O)C(=O)N1.O=C1CCC(N2C(=O)c3ccc(OCCCCCN4CCC(OC5CC(Oc6ccc7c(c6)Sc6cc([N+](=O)[O-])ccc6N7)C5)CC4)cc3C2=O)C(=O)C1.O=[N+]([O-])c1ccc2c(c1)Sc1cc(OC3CC(OC4CCNCC4)C3)ccc1N2. The average Bonchev–Trinajstić information content (AvgIpc) is 1.59. The monoisotopic (exact) mass is 1610 g/mol. The summed E-state index contributed by atoms with van der Waals surface area (Å²) in [6, 6.07) is 29.5. The van der Waals surface area contributed by atoms with Crippen LogP contribution in [0.25, 0.3) is 0 Å². The molecule has 110 heavy (non-hydrogen) atoms. The van der Waals surface area contributed by atoms with E-state index < -0.39 is 47.5 Å². The highest BCUT2D eigenvalue weighted by atomic mass is 79.9. The van der Waals surface area contributed by atoms with Gasteiger partial charge in [0.2, 0.25) is 11.8 Å². The van der Waals surface area contributed by atoms with Crippen LogP contribution in [-0.4, -0.2) is 172 Å². The van der Waals surface area contributed by atoms with Crippen LogP contribution >= 0.6 is 39.5 Å². The predicted octanol–water partition coefficient (Wildman–Crippen LogP) is 13.9. The number of anilines is 4. The summed E-state index contributed by atoms with van der Waals surface area (Å²) < 4.78 is 36.6. The number of halogens is 1. The van der Waals surface area contributed by atoms with Crippen molar-refractivity contribution in [2.75, 3.05) is 61.9 Å². The summed E-state index contributed by atoms with van der Waals surface area (Å²) in [5.41, 5.74) is 4.87. The van der Waals surface area contributed by atoms with E-state index in [1.54, 1.807) is 60.7 Å². The molecule has 2 atom stereocenters. The number of unbranched alkanes of at least 4 members (excludes halogenated alkanes) is 4. The molecule has 3 aliphatic carbocycles. The maximum absolute atomic E-state index is 13.1. The Hall–Kier alpha value is -9.30. The topological polar surface area (TPSA) is 336 Å². The fourth-order valence-corrected chi connectivity index (χ4v) is 17.4. The molecule has 3 saturated heterocycles. The first kappa shape index (κ1) is 78.8. The van der Waals surface area contributed by atoms with Crippen LogP contribution in [0, 0.1) is 20.2 Å². The number of nitrogens with one attached hydrogen (secondary N) is 4. The van der Waals surface area contributed by atoms with Crippen LogP contribution in [0.4, 0.5) is 34.1 Å². The van der Waals surface area contributed by atoms with Gasteiger partial charge in [0, 0.05) is 101 Å². The van der Waals surface area contributed by atoms with Gasteiger partial charge in [-0.25, -0.2) is 0 Å². The van der Waals surface area contributed by atoms with E-state index in [2.05, 4.69) is 42.1 Å². The number of piperidine rings is 3. The Bertz CT molecular complexity index is 4520. The lowest BCUT2D eigenvalue weighted by Gasteiger charge is -2.40. The van der Waals surface area contributed by atoms with Crippen molar-refractivity contribution in [3.05, 3.63) is 152 Å². The first-order chi connectivity index (χ1) is 52.8. The largest absolute Gasteiger partial charge is 0.494 e.